The van der Waals surface area contributed by atoms with E-state index in [0.717, 1.165) is 0 Å². The lowest BCUT2D eigenvalue weighted by Crippen LogP contribution is -2.48. The minimum atomic E-state index is -0.0731. The second kappa shape index (κ2) is 7.20. The maximum atomic E-state index is 12.3. The first kappa shape index (κ1) is 16.2. The van der Waals surface area contributed by atoms with Gasteiger partial charge >= 0.3 is 0 Å². The van der Waals surface area contributed by atoms with Crippen LogP contribution >= 0.6 is 0 Å². The quantitative estimate of drug-likeness (QED) is 0.816. The summed E-state index contributed by atoms with van der Waals surface area (Å²) in [6, 6.07) is 1.65. The van der Waals surface area contributed by atoms with Crippen LogP contribution in [0.4, 0.5) is 5.95 Å². The van der Waals surface area contributed by atoms with Gasteiger partial charge in [0.1, 0.15) is 5.69 Å². The van der Waals surface area contributed by atoms with Gasteiger partial charge in [0.25, 0.3) is 5.91 Å². The number of amides is 2. The summed E-state index contributed by atoms with van der Waals surface area (Å²) in [6.45, 7) is 9.48. The Balaban J connectivity index is 2.09. The van der Waals surface area contributed by atoms with Gasteiger partial charge in [-0.3, -0.25) is 9.59 Å². The number of hydrogen-bond donors (Lipinski definition) is 0. The molecule has 2 amide bonds. The van der Waals surface area contributed by atoms with E-state index in [1.165, 1.54) is 0 Å². The summed E-state index contributed by atoms with van der Waals surface area (Å²) < 4.78 is 0. The summed E-state index contributed by atoms with van der Waals surface area (Å²) >= 11 is 0. The number of piperazine rings is 1. The van der Waals surface area contributed by atoms with E-state index >= 15 is 0 Å². The molecule has 0 unspecified atom stereocenters. The van der Waals surface area contributed by atoms with E-state index in [9.17, 15) is 9.59 Å². The van der Waals surface area contributed by atoms with Crippen LogP contribution < -0.4 is 4.90 Å². The van der Waals surface area contributed by atoms with Crippen molar-refractivity contribution in [2.45, 2.75) is 20.8 Å². The van der Waals surface area contributed by atoms with Gasteiger partial charge in [0.2, 0.25) is 11.9 Å². The van der Waals surface area contributed by atoms with Gasteiger partial charge in [0, 0.05) is 52.4 Å². The van der Waals surface area contributed by atoms with Gasteiger partial charge < -0.3 is 14.7 Å². The third kappa shape index (κ3) is 3.52. The third-order valence-electron chi connectivity index (χ3n) is 3.92. The Labute approximate surface area is 130 Å². The molecule has 0 radical (unpaired) electrons. The van der Waals surface area contributed by atoms with Gasteiger partial charge in [-0.1, -0.05) is 0 Å². The van der Waals surface area contributed by atoms with Gasteiger partial charge in [0.05, 0.1) is 0 Å². The largest absolute Gasteiger partial charge is 0.339 e. The molecule has 1 saturated heterocycles. The van der Waals surface area contributed by atoms with Crippen molar-refractivity contribution in [3.8, 4) is 0 Å². The molecule has 1 aromatic rings. The van der Waals surface area contributed by atoms with E-state index in [-0.39, 0.29) is 11.8 Å². The molecule has 0 aromatic carbocycles. The summed E-state index contributed by atoms with van der Waals surface area (Å²) in [5.74, 6) is 0.572. The molecule has 0 saturated carbocycles. The van der Waals surface area contributed by atoms with Crippen molar-refractivity contribution < 1.29 is 9.59 Å². The summed E-state index contributed by atoms with van der Waals surface area (Å²) in [5, 5.41) is 0. The lowest BCUT2D eigenvalue weighted by Gasteiger charge is -2.34. The Hall–Kier alpha value is -2.18. The SMILES string of the molecule is CCN(CC)C(=O)c1ccnc(N2CCN(C(C)=O)CC2)n1. The molecule has 22 heavy (non-hydrogen) atoms. The molecule has 1 fully saturated rings. The van der Waals surface area contributed by atoms with E-state index in [4.69, 9.17) is 0 Å². The van der Waals surface area contributed by atoms with Crippen molar-refractivity contribution in [3.63, 3.8) is 0 Å². The van der Waals surface area contributed by atoms with E-state index in [1.54, 1.807) is 29.0 Å². The van der Waals surface area contributed by atoms with Gasteiger partial charge in [-0.25, -0.2) is 9.97 Å². The van der Waals surface area contributed by atoms with Crippen molar-refractivity contribution >= 4 is 17.8 Å². The van der Waals surface area contributed by atoms with Crippen LogP contribution in [-0.2, 0) is 4.79 Å². The van der Waals surface area contributed by atoms with Crippen LogP contribution in [-0.4, -0.2) is 70.9 Å². The monoisotopic (exact) mass is 305 g/mol. The van der Waals surface area contributed by atoms with Crippen LogP contribution in [0.2, 0.25) is 0 Å². The number of nitrogens with zero attached hydrogens (tertiary/aromatic N) is 5. The maximum absolute atomic E-state index is 12.3. The molecule has 120 valence electrons. The first-order chi connectivity index (χ1) is 10.6. The van der Waals surface area contributed by atoms with Crippen LogP contribution in [0.25, 0.3) is 0 Å². The lowest BCUT2D eigenvalue weighted by atomic mass is 10.3. The molecule has 7 heteroatoms. The number of carbonyl (C=O) groups excluding carboxylic acids is 2. The van der Waals surface area contributed by atoms with Crippen molar-refractivity contribution in [2.75, 3.05) is 44.2 Å². The zero-order chi connectivity index (χ0) is 16.1. The minimum Gasteiger partial charge on any atom is -0.339 e. The maximum Gasteiger partial charge on any atom is 0.272 e. The fourth-order valence-electron chi connectivity index (χ4n) is 2.51. The zero-order valence-electron chi connectivity index (χ0n) is 13.4. The summed E-state index contributed by atoms with van der Waals surface area (Å²) in [7, 11) is 0. The highest BCUT2D eigenvalue weighted by Gasteiger charge is 2.22. The van der Waals surface area contributed by atoms with Crippen LogP contribution in [0.3, 0.4) is 0 Å². The van der Waals surface area contributed by atoms with Crippen LogP contribution in [0, 0.1) is 0 Å². The molecule has 2 heterocycles. The van der Waals surface area contributed by atoms with Gasteiger partial charge in [-0.2, -0.15) is 0 Å². The molecule has 0 atom stereocenters. The molecule has 7 nitrogen and oxygen atoms in total. The minimum absolute atomic E-state index is 0.0731. The molecule has 0 aliphatic carbocycles. The van der Waals surface area contributed by atoms with Crippen molar-refractivity contribution in [3.05, 3.63) is 18.0 Å². The van der Waals surface area contributed by atoms with E-state index in [1.807, 2.05) is 18.7 Å². The first-order valence-corrected chi connectivity index (χ1v) is 7.69. The molecule has 1 aromatic heterocycles. The molecule has 2 rings (SSSR count). The second-order valence-corrected chi connectivity index (χ2v) is 5.21. The summed E-state index contributed by atoms with van der Waals surface area (Å²) in [4.78, 5) is 37.9. The predicted molar refractivity (Wildman–Crippen MR) is 83.8 cm³/mol. The summed E-state index contributed by atoms with van der Waals surface area (Å²) in [6.07, 6.45) is 1.62. The fraction of sp³-hybridized carbons (Fsp3) is 0.600. The Morgan fingerprint density at radius 3 is 2.36 bits per heavy atom. The summed E-state index contributed by atoms with van der Waals surface area (Å²) in [5.41, 5.74) is 0.419. The number of rotatable bonds is 4. The van der Waals surface area contributed by atoms with Crippen LogP contribution in [0.15, 0.2) is 12.3 Å². The van der Waals surface area contributed by atoms with Crippen LogP contribution in [0.5, 0.6) is 0 Å². The predicted octanol–water partition coefficient (Wildman–Crippen LogP) is 0.627. The normalized spacial score (nSPS) is 14.9. The molecule has 0 bridgehead atoms. The van der Waals surface area contributed by atoms with Crippen molar-refractivity contribution in [2.24, 2.45) is 0 Å². The first-order valence-electron chi connectivity index (χ1n) is 7.69. The Morgan fingerprint density at radius 2 is 1.82 bits per heavy atom. The number of carbonyl (C=O) groups is 2. The molecule has 1 aliphatic heterocycles. The van der Waals surface area contributed by atoms with Gasteiger partial charge in [0.15, 0.2) is 0 Å². The third-order valence-corrected chi connectivity index (χ3v) is 3.92. The highest BCUT2D eigenvalue weighted by molar-refractivity contribution is 5.92. The standard InChI is InChI=1S/C15H23N5O2/c1-4-18(5-2)14(22)13-6-7-16-15(17-13)20-10-8-19(9-11-20)12(3)21/h6-7H,4-5,8-11H2,1-3H3. The molecular weight excluding hydrogens is 282 g/mol. The van der Waals surface area contributed by atoms with Gasteiger partial charge in [-0.15, -0.1) is 0 Å². The molecule has 0 spiro atoms. The highest BCUT2D eigenvalue weighted by atomic mass is 16.2. The fourth-order valence-corrected chi connectivity index (χ4v) is 2.51. The molecular formula is C15H23N5O2. The van der Waals surface area contributed by atoms with Crippen molar-refractivity contribution in [1.82, 2.24) is 19.8 Å². The Bertz CT molecular complexity index is 536. The average Bonchev–Trinajstić information content (AvgIpc) is 2.56. The van der Waals surface area contributed by atoms with E-state index in [0.29, 0.717) is 50.9 Å². The van der Waals surface area contributed by atoms with Crippen molar-refractivity contribution in [1.29, 1.82) is 0 Å². The molecule has 1 aliphatic rings. The van der Waals surface area contributed by atoms with Crippen LogP contribution in [0.1, 0.15) is 31.3 Å². The Morgan fingerprint density at radius 1 is 1.18 bits per heavy atom. The van der Waals surface area contributed by atoms with E-state index in [2.05, 4.69) is 9.97 Å². The second-order valence-electron chi connectivity index (χ2n) is 5.21. The zero-order valence-corrected chi connectivity index (χ0v) is 13.4. The smallest absolute Gasteiger partial charge is 0.272 e. The molecule has 0 N–H and O–H groups in total. The number of aromatic nitrogens is 2. The average molecular weight is 305 g/mol. The number of hydrogen-bond acceptors (Lipinski definition) is 5. The topological polar surface area (TPSA) is 69.6 Å². The van der Waals surface area contributed by atoms with Gasteiger partial charge in [-0.05, 0) is 19.9 Å². The Kier molecular flexibility index (Phi) is 5.30. The lowest BCUT2D eigenvalue weighted by molar-refractivity contribution is -0.129. The highest BCUT2D eigenvalue weighted by Crippen LogP contribution is 2.12. The number of anilines is 1. The van der Waals surface area contributed by atoms with E-state index < -0.39 is 0 Å².